The fraction of sp³-hybridized carbons (Fsp3) is 0.467. The highest BCUT2D eigenvalue weighted by Gasteiger charge is 2.27. The van der Waals surface area contributed by atoms with Crippen molar-refractivity contribution in [2.24, 2.45) is 5.92 Å². The molecule has 1 aliphatic rings. The summed E-state index contributed by atoms with van der Waals surface area (Å²) in [5.41, 5.74) is 0.428. The molecule has 114 valence electrons. The van der Waals surface area contributed by atoms with Gasteiger partial charge in [-0.25, -0.2) is 0 Å². The third kappa shape index (κ3) is 4.72. The van der Waals surface area contributed by atoms with Crippen LogP contribution < -0.4 is 10.6 Å². The molecule has 1 aliphatic carbocycles. The van der Waals surface area contributed by atoms with E-state index in [9.17, 15) is 14.7 Å². The average molecular weight is 311 g/mol. The lowest BCUT2D eigenvalue weighted by atomic mass is 10.1. The Bertz CT molecular complexity index is 514. The van der Waals surface area contributed by atoms with Gasteiger partial charge in [-0.05, 0) is 49.9 Å². The number of carbonyl (C=O) groups is 2. The molecule has 3 N–H and O–H groups in total. The molecule has 0 bridgehead atoms. The van der Waals surface area contributed by atoms with Crippen LogP contribution in [-0.4, -0.2) is 35.6 Å². The SMILES string of the molecule is CC(NC(=O)c1ccc(Cl)cc1)C(O)C(=O)NCC1CC1. The minimum Gasteiger partial charge on any atom is -0.381 e. The van der Waals surface area contributed by atoms with Crippen molar-refractivity contribution >= 4 is 23.4 Å². The molecule has 0 saturated heterocycles. The summed E-state index contributed by atoms with van der Waals surface area (Å²) in [5.74, 6) is -0.265. The molecular formula is C15H19ClN2O3. The molecule has 2 atom stereocenters. The maximum atomic E-state index is 12.0. The Labute approximate surface area is 128 Å². The molecule has 0 aromatic heterocycles. The highest BCUT2D eigenvalue weighted by molar-refractivity contribution is 6.30. The lowest BCUT2D eigenvalue weighted by Crippen LogP contribution is -2.49. The standard InChI is InChI=1S/C15H19ClN2O3/c1-9(13(19)15(21)17-8-10-2-3-10)18-14(20)11-4-6-12(16)7-5-11/h4-7,9-10,13,19H,2-3,8H2,1H3,(H,17,21)(H,18,20). The van der Waals surface area contributed by atoms with E-state index in [2.05, 4.69) is 10.6 Å². The van der Waals surface area contributed by atoms with Gasteiger partial charge in [-0.15, -0.1) is 0 Å². The second-order valence-corrected chi connectivity index (χ2v) is 5.84. The third-order valence-electron chi connectivity index (χ3n) is 3.47. The van der Waals surface area contributed by atoms with Gasteiger partial charge in [0.05, 0.1) is 6.04 Å². The summed E-state index contributed by atoms with van der Waals surface area (Å²) in [5, 5.41) is 15.7. The molecule has 1 aromatic rings. The van der Waals surface area contributed by atoms with Crippen molar-refractivity contribution in [1.29, 1.82) is 0 Å². The molecule has 2 rings (SSSR count). The number of hydrogen-bond acceptors (Lipinski definition) is 3. The second kappa shape index (κ2) is 6.91. The number of nitrogens with one attached hydrogen (secondary N) is 2. The Morgan fingerprint density at radius 2 is 1.95 bits per heavy atom. The van der Waals surface area contributed by atoms with Gasteiger partial charge in [-0.1, -0.05) is 11.6 Å². The molecule has 6 heteroatoms. The zero-order chi connectivity index (χ0) is 15.4. The number of benzene rings is 1. The van der Waals surface area contributed by atoms with Gasteiger partial charge >= 0.3 is 0 Å². The second-order valence-electron chi connectivity index (χ2n) is 5.40. The molecule has 2 unspecified atom stereocenters. The predicted octanol–water partition coefficient (Wildman–Crippen LogP) is 1.35. The number of amides is 2. The van der Waals surface area contributed by atoms with Crippen LogP contribution in [0.25, 0.3) is 0 Å². The molecular weight excluding hydrogens is 292 g/mol. The van der Waals surface area contributed by atoms with E-state index >= 15 is 0 Å². The van der Waals surface area contributed by atoms with E-state index in [1.165, 1.54) is 0 Å². The summed E-state index contributed by atoms with van der Waals surface area (Å²) in [4.78, 5) is 23.7. The lowest BCUT2D eigenvalue weighted by molar-refractivity contribution is -0.130. The molecule has 0 radical (unpaired) electrons. The van der Waals surface area contributed by atoms with Crippen molar-refractivity contribution < 1.29 is 14.7 Å². The summed E-state index contributed by atoms with van der Waals surface area (Å²) in [6.45, 7) is 2.18. The molecule has 2 amide bonds. The van der Waals surface area contributed by atoms with E-state index in [4.69, 9.17) is 11.6 Å². The van der Waals surface area contributed by atoms with Gasteiger partial charge in [-0.3, -0.25) is 9.59 Å². The van der Waals surface area contributed by atoms with Gasteiger partial charge < -0.3 is 15.7 Å². The van der Waals surface area contributed by atoms with E-state index in [1.807, 2.05) is 0 Å². The van der Waals surface area contributed by atoms with Crippen molar-refractivity contribution in [3.63, 3.8) is 0 Å². The maximum Gasteiger partial charge on any atom is 0.251 e. The summed E-state index contributed by atoms with van der Waals surface area (Å²) in [6, 6.07) is 5.72. The van der Waals surface area contributed by atoms with Gasteiger partial charge in [0.2, 0.25) is 0 Å². The predicted molar refractivity (Wildman–Crippen MR) is 80.1 cm³/mol. The first-order chi connectivity index (χ1) is 9.97. The van der Waals surface area contributed by atoms with E-state index in [0.717, 1.165) is 12.8 Å². The number of carbonyl (C=O) groups excluding carboxylic acids is 2. The monoisotopic (exact) mass is 310 g/mol. The molecule has 0 heterocycles. The number of hydrogen-bond donors (Lipinski definition) is 3. The zero-order valence-electron chi connectivity index (χ0n) is 11.8. The van der Waals surface area contributed by atoms with E-state index in [1.54, 1.807) is 31.2 Å². The van der Waals surface area contributed by atoms with Crippen LogP contribution in [-0.2, 0) is 4.79 Å². The van der Waals surface area contributed by atoms with Crippen LogP contribution in [0.1, 0.15) is 30.1 Å². The average Bonchev–Trinajstić information content (AvgIpc) is 3.28. The largest absolute Gasteiger partial charge is 0.381 e. The first-order valence-electron chi connectivity index (χ1n) is 6.99. The third-order valence-corrected chi connectivity index (χ3v) is 3.72. The van der Waals surface area contributed by atoms with E-state index in [0.29, 0.717) is 23.0 Å². The quantitative estimate of drug-likeness (QED) is 0.742. The number of rotatable bonds is 6. The van der Waals surface area contributed by atoms with Gasteiger partial charge in [0.25, 0.3) is 11.8 Å². The van der Waals surface area contributed by atoms with E-state index in [-0.39, 0.29) is 5.91 Å². The van der Waals surface area contributed by atoms with Crippen LogP contribution in [0.3, 0.4) is 0 Å². The first-order valence-corrected chi connectivity index (χ1v) is 7.37. The normalized spacial score (nSPS) is 16.9. The molecule has 1 saturated carbocycles. The molecule has 21 heavy (non-hydrogen) atoms. The van der Waals surface area contributed by atoms with Crippen LogP contribution >= 0.6 is 11.6 Å². The minimum atomic E-state index is -1.26. The zero-order valence-corrected chi connectivity index (χ0v) is 12.6. The Balaban J connectivity index is 1.83. The fourth-order valence-electron chi connectivity index (χ4n) is 1.87. The molecule has 1 fully saturated rings. The van der Waals surface area contributed by atoms with Crippen LogP contribution in [0.5, 0.6) is 0 Å². The van der Waals surface area contributed by atoms with Crippen LogP contribution in [0.15, 0.2) is 24.3 Å². The van der Waals surface area contributed by atoms with Gasteiger partial charge in [0.1, 0.15) is 0 Å². The summed E-state index contributed by atoms with van der Waals surface area (Å²) < 4.78 is 0. The summed E-state index contributed by atoms with van der Waals surface area (Å²) in [7, 11) is 0. The van der Waals surface area contributed by atoms with Crippen LogP contribution in [0, 0.1) is 5.92 Å². The Kier molecular flexibility index (Phi) is 5.20. The van der Waals surface area contributed by atoms with Gasteiger partial charge in [-0.2, -0.15) is 0 Å². The van der Waals surface area contributed by atoms with E-state index < -0.39 is 18.1 Å². The molecule has 0 spiro atoms. The van der Waals surface area contributed by atoms with Crippen LogP contribution in [0.4, 0.5) is 0 Å². The van der Waals surface area contributed by atoms with Crippen molar-refractivity contribution in [3.05, 3.63) is 34.9 Å². The smallest absolute Gasteiger partial charge is 0.251 e. The minimum absolute atomic E-state index is 0.354. The van der Waals surface area contributed by atoms with Crippen molar-refractivity contribution in [3.8, 4) is 0 Å². The van der Waals surface area contributed by atoms with Crippen molar-refractivity contribution in [2.45, 2.75) is 31.9 Å². The maximum absolute atomic E-state index is 12.0. The molecule has 1 aromatic carbocycles. The van der Waals surface area contributed by atoms with Crippen LogP contribution in [0.2, 0.25) is 5.02 Å². The number of halogens is 1. The summed E-state index contributed by atoms with van der Waals surface area (Å²) >= 11 is 5.75. The lowest BCUT2D eigenvalue weighted by Gasteiger charge is -2.19. The Morgan fingerprint density at radius 3 is 2.52 bits per heavy atom. The fourth-order valence-corrected chi connectivity index (χ4v) is 1.99. The first kappa shape index (κ1) is 15.8. The van der Waals surface area contributed by atoms with Crippen molar-refractivity contribution in [1.82, 2.24) is 10.6 Å². The number of aliphatic hydroxyl groups excluding tert-OH is 1. The van der Waals surface area contributed by atoms with Gasteiger partial charge in [0, 0.05) is 17.1 Å². The molecule has 5 nitrogen and oxygen atoms in total. The Hall–Kier alpha value is -1.59. The molecule has 0 aliphatic heterocycles. The highest BCUT2D eigenvalue weighted by Crippen LogP contribution is 2.27. The topological polar surface area (TPSA) is 78.4 Å². The number of aliphatic hydroxyl groups is 1. The van der Waals surface area contributed by atoms with Crippen molar-refractivity contribution in [2.75, 3.05) is 6.54 Å². The summed E-state index contributed by atoms with van der Waals surface area (Å²) in [6.07, 6.45) is 0.985. The Morgan fingerprint density at radius 1 is 1.33 bits per heavy atom. The highest BCUT2D eigenvalue weighted by atomic mass is 35.5. The van der Waals surface area contributed by atoms with Gasteiger partial charge in [0.15, 0.2) is 6.10 Å².